The zero-order chi connectivity index (χ0) is 23.3. The quantitative estimate of drug-likeness (QED) is 0.683. The van der Waals surface area contributed by atoms with E-state index in [0.717, 1.165) is 31.4 Å². The monoisotopic (exact) mass is 458 g/mol. The lowest BCUT2D eigenvalue weighted by Crippen LogP contribution is -2.42. The number of likely N-dealkylation sites (tertiary alicyclic amines) is 1. The number of ether oxygens (including phenoxy) is 1. The summed E-state index contributed by atoms with van der Waals surface area (Å²) in [5.41, 5.74) is 2.35. The predicted octanol–water partition coefficient (Wildman–Crippen LogP) is 3.68. The molecule has 1 aliphatic heterocycles. The Morgan fingerprint density at radius 1 is 1.09 bits per heavy atom. The lowest BCUT2D eigenvalue weighted by molar-refractivity contribution is 0.0635. The first-order valence-electron chi connectivity index (χ1n) is 10.8. The number of methoxy groups -OCH3 is 1. The second-order valence-corrected chi connectivity index (χ2v) is 10.3. The Bertz CT molecular complexity index is 1080. The Labute approximate surface area is 189 Å². The van der Waals surface area contributed by atoms with Gasteiger partial charge in [0, 0.05) is 36.5 Å². The summed E-state index contributed by atoms with van der Waals surface area (Å²) >= 11 is 0. The number of anilines is 1. The summed E-state index contributed by atoms with van der Waals surface area (Å²) in [4.78, 5) is 27.6. The number of nitrogens with zero attached hydrogens (tertiary/aromatic N) is 1. The van der Waals surface area contributed by atoms with Crippen molar-refractivity contribution in [1.29, 1.82) is 0 Å². The minimum atomic E-state index is -3.45. The van der Waals surface area contributed by atoms with E-state index < -0.39 is 9.84 Å². The van der Waals surface area contributed by atoms with Crippen molar-refractivity contribution in [2.24, 2.45) is 0 Å². The lowest BCUT2D eigenvalue weighted by Gasteiger charge is -2.33. The molecule has 1 N–H and O–H groups in total. The maximum Gasteiger partial charge on any atom is 0.255 e. The number of carbonyl (C=O) groups excluding carboxylic acids is 2. The number of aryl methyl sites for hydroxylation is 1. The van der Waals surface area contributed by atoms with Crippen LogP contribution in [0.15, 0.2) is 47.4 Å². The summed E-state index contributed by atoms with van der Waals surface area (Å²) in [6.45, 7) is 4.80. The summed E-state index contributed by atoms with van der Waals surface area (Å²) in [6, 6.07) is 11.3. The molecule has 1 atom stereocenters. The van der Waals surface area contributed by atoms with Crippen LogP contribution in [-0.4, -0.2) is 57.2 Å². The molecule has 0 aromatic heterocycles. The molecule has 8 heteroatoms. The number of nitrogens with one attached hydrogen (secondary N) is 1. The van der Waals surface area contributed by atoms with E-state index in [4.69, 9.17) is 4.74 Å². The molecule has 172 valence electrons. The molecule has 1 fully saturated rings. The zero-order valence-electron chi connectivity index (χ0n) is 18.8. The van der Waals surface area contributed by atoms with Crippen molar-refractivity contribution in [2.45, 2.75) is 44.0 Å². The third kappa shape index (κ3) is 5.55. The van der Waals surface area contributed by atoms with Gasteiger partial charge in [0.25, 0.3) is 11.8 Å². The van der Waals surface area contributed by atoms with Crippen molar-refractivity contribution < 1.29 is 22.7 Å². The smallest absolute Gasteiger partial charge is 0.255 e. The maximum absolute atomic E-state index is 12.9. The van der Waals surface area contributed by atoms with Crippen LogP contribution in [0.25, 0.3) is 0 Å². The third-order valence-electron chi connectivity index (χ3n) is 5.82. The molecule has 0 bridgehead atoms. The van der Waals surface area contributed by atoms with Gasteiger partial charge in [0.05, 0.1) is 17.3 Å². The van der Waals surface area contributed by atoms with Crippen LogP contribution in [0.4, 0.5) is 5.69 Å². The predicted molar refractivity (Wildman–Crippen MR) is 124 cm³/mol. The number of hydrogen-bond acceptors (Lipinski definition) is 5. The van der Waals surface area contributed by atoms with Crippen molar-refractivity contribution in [3.63, 3.8) is 0 Å². The molecule has 1 heterocycles. The summed E-state index contributed by atoms with van der Waals surface area (Å²) < 4.78 is 29.3. The molecule has 2 aromatic carbocycles. The van der Waals surface area contributed by atoms with E-state index in [1.807, 2.05) is 11.8 Å². The summed E-state index contributed by atoms with van der Waals surface area (Å²) in [6.07, 6.45) is 3.19. The molecule has 3 rings (SSSR count). The summed E-state index contributed by atoms with van der Waals surface area (Å²) in [5.74, 6) is -0.448. The minimum Gasteiger partial charge on any atom is -0.384 e. The van der Waals surface area contributed by atoms with E-state index in [-0.39, 0.29) is 35.1 Å². The highest BCUT2D eigenvalue weighted by atomic mass is 32.2. The van der Waals surface area contributed by atoms with Crippen LogP contribution in [0.3, 0.4) is 0 Å². The first-order chi connectivity index (χ1) is 15.2. The molecule has 0 radical (unpaired) electrons. The van der Waals surface area contributed by atoms with Gasteiger partial charge in [-0.1, -0.05) is 0 Å². The molecule has 0 saturated carbocycles. The van der Waals surface area contributed by atoms with Gasteiger partial charge < -0.3 is 15.0 Å². The Hall–Kier alpha value is -2.71. The normalized spacial score (nSPS) is 16.6. The van der Waals surface area contributed by atoms with Crippen LogP contribution in [0.5, 0.6) is 0 Å². The summed E-state index contributed by atoms with van der Waals surface area (Å²) in [7, 11) is -2.00. The van der Waals surface area contributed by atoms with E-state index in [0.29, 0.717) is 16.8 Å². The van der Waals surface area contributed by atoms with Crippen molar-refractivity contribution >= 4 is 27.3 Å². The SMILES string of the molecule is COCCS(=O)(=O)c1ccc(C(=O)Nc2ccc(C(=O)N3CCCCC3C)cc2C)cc1. The first-order valence-corrected chi connectivity index (χ1v) is 12.4. The number of sulfone groups is 1. The highest BCUT2D eigenvalue weighted by Crippen LogP contribution is 2.23. The molecule has 1 saturated heterocycles. The molecule has 7 nitrogen and oxygen atoms in total. The highest BCUT2D eigenvalue weighted by Gasteiger charge is 2.24. The molecular weight excluding hydrogens is 428 g/mol. The fourth-order valence-corrected chi connectivity index (χ4v) is 4.99. The number of amides is 2. The second-order valence-electron chi connectivity index (χ2n) is 8.16. The van der Waals surface area contributed by atoms with Crippen LogP contribution in [0.2, 0.25) is 0 Å². The Morgan fingerprint density at radius 3 is 2.41 bits per heavy atom. The molecule has 1 aliphatic rings. The Kier molecular flexibility index (Phi) is 7.69. The average Bonchev–Trinajstić information content (AvgIpc) is 2.79. The van der Waals surface area contributed by atoms with Gasteiger partial charge in [-0.2, -0.15) is 0 Å². The van der Waals surface area contributed by atoms with E-state index in [9.17, 15) is 18.0 Å². The molecule has 1 unspecified atom stereocenters. The van der Waals surface area contributed by atoms with Crippen molar-refractivity contribution in [1.82, 2.24) is 4.90 Å². The zero-order valence-corrected chi connectivity index (χ0v) is 19.6. The number of piperidine rings is 1. The van der Waals surface area contributed by atoms with Crippen LogP contribution < -0.4 is 5.32 Å². The van der Waals surface area contributed by atoms with Gasteiger partial charge in [0.1, 0.15) is 0 Å². The van der Waals surface area contributed by atoms with Crippen molar-refractivity contribution in [2.75, 3.05) is 31.3 Å². The van der Waals surface area contributed by atoms with Gasteiger partial charge in [0.15, 0.2) is 9.84 Å². The number of benzene rings is 2. The topological polar surface area (TPSA) is 92.8 Å². The number of carbonyl (C=O) groups is 2. The average molecular weight is 459 g/mol. The Balaban J connectivity index is 1.69. The fraction of sp³-hybridized carbons (Fsp3) is 0.417. The first kappa shape index (κ1) is 23.9. The van der Waals surface area contributed by atoms with Gasteiger partial charge >= 0.3 is 0 Å². The summed E-state index contributed by atoms with van der Waals surface area (Å²) in [5, 5.41) is 2.84. The van der Waals surface area contributed by atoms with Crippen LogP contribution in [0, 0.1) is 6.92 Å². The highest BCUT2D eigenvalue weighted by molar-refractivity contribution is 7.91. The van der Waals surface area contributed by atoms with Gasteiger partial charge in [-0.15, -0.1) is 0 Å². The third-order valence-corrected chi connectivity index (χ3v) is 7.51. The molecular formula is C24H30N2O5S. The van der Waals surface area contributed by atoms with Crippen molar-refractivity contribution in [3.8, 4) is 0 Å². The van der Waals surface area contributed by atoms with Gasteiger partial charge in [-0.25, -0.2) is 8.42 Å². The molecule has 2 amide bonds. The second kappa shape index (κ2) is 10.3. The van der Waals surface area contributed by atoms with E-state index in [1.165, 1.54) is 31.4 Å². The largest absolute Gasteiger partial charge is 0.384 e. The molecule has 0 spiro atoms. The van der Waals surface area contributed by atoms with Crippen molar-refractivity contribution in [3.05, 3.63) is 59.2 Å². The number of hydrogen-bond donors (Lipinski definition) is 1. The minimum absolute atomic E-state index is 0.0171. The van der Waals surface area contributed by atoms with E-state index in [2.05, 4.69) is 12.2 Å². The van der Waals surface area contributed by atoms with Crippen LogP contribution in [-0.2, 0) is 14.6 Å². The molecule has 0 aliphatic carbocycles. The molecule has 2 aromatic rings. The van der Waals surface area contributed by atoms with Gasteiger partial charge in [-0.3, -0.25) is 9.59 Å². The standard InChI is InChI=1S/C24H30N2O5S/c1-17-16-20(24(28)26-13-5-4-6-18(26)2)9-12-22(17)25-23(27)19-7-10-21(11-8-19)32(29,30)15-14-31-3/h7-12,16,18H,4-6,13-15H2,1-3H3,(H,25,27). The van der Waals surface area contributed by atoms with Crippen LogP contribution in [0.1, 0.15) is 52.5 Å². The van der Waals surface area contributed by atoms with E-state index in [1.54, 1.807) is 18.2 Å². The van der Waals surface area contributed by atoms with E-state index >= 15 is 0 Å². The maximum atomic E-state index is 12.9. The molecule has 32 heavy (non-hydrogen) atoms. The Morgan fingerprint density at radius 2 is 1.78 bits per heavy atom. The number of rotatable bonds is 7. The van der Waals surface area contributed by atoms with Gasteiger partial charge in [-0.05, 0) is 81.1 Å². The lowest BCUT2D eigenvalue weighted by atomic mass is 10.0. The fourth-order valence-electron chi connectivity index (χ4n) is 3.82. The van der Waals surface area contributed by atoms with Gasteiger partial charge in [0.2, 0.25) is 0 Å². The van der Waals surface area contributed by atoms with Crippen LogP contribution >= 0.6 is 0 Å².